The predicted molar refractivity (Wildman–Crippen MR) is 118 cm³/mol. The molecule has 8 heteroatoms. The zero-order valence-electron chi connectivity index (χ0n) is 16.6. The lowest BCUT2D eigenvalue weighted by atomic mass is 10.1. The molecule has 0 radical (unpaired) electrons. The fraction of sp³-hybridized carbons (Fsp3) is 0.273. The van der Waals surface area contributed by atoms with Gasteiger partial charge in [0, 0.05) is 23.9 Å². The van der Waals surface area contributed by atoms with Gasteiger partial charge in [-0.25, -0.2) is 4.98 Å². The van der Waals surface area contributed by atoms with E-state index in [1.165, 1.54) is 16.7 Å². The highest BCUT2D eigenvalue weighted by atomic mass is 35.5. The van der Waals surface area contributed by atoms with Crippen LogP contribution in [0.15, 0.2) is 52.4 Å². The third-order valence-electron chi connectivity index (χ3n) is 4.85. The molecule has 2 amide bonds. The highest BCUT2D eigenvalue weighted by Gasteiger charge is 2.34. The summed E-state index contributed by atoms with van der Waals surface area (Å²) in [4.78, 5) is 44.0. The van der Waals surface area contributed by atoms with Gasteiger partial charge in [-0.1, -0.05) is 49.3 Å². The van der Waals surface area contributed by atoms with Gasteiger partial charge in [-0.3, -0.25) is 23.9 Å². The van der Waals surface area contributed by atoms with Crippen LogP contribution in [0.3, 0.4) is 0 Å². The molecule has 1 aliphatic heterocycles. The van der Waals surface area contributed by atoms with E-state index in [-0.39, 0.29) is 29.8 Å². The Morgan fingerprint density at radius 1 is 1.03 bits per heavy atom. The van der Waals surface area contributed by atoms with Crippen molar-refractivity contribution >= 4 is 46.1 Å². The predicted octanol–water partition coefficient (Wildman–Crippen LogP) is 4.09. The summed E-state index contributed by atoms with van der Waals surface area (Å²) in [5.74, 6) is 0.120. The highest BCUT2D eigenvalue weighted by Crippen LogP contribution is 2.25. The number of halogens is 1. The Kier molecular flexibility index (Phi) is 5.66. The number of fused-ring (bicyclic) bond motifs is 2. The van der Waals surface area contributed by atoms with Crippen molar-refractivity contribution in [2.45, 2.75) is 25.5 Å². The van der Waals surface area contributed by atoms with Crippen LogP contribution in [0.4, 0.5) is 0 Å². The molecule has 4 rings (SSSR count). The van der Waals surface area contributed by atoms with Gasteiger partial charge in [-0.2, -0.15) is 0 Å². The summed E-state index contributed by atoms with van der Waals surface area (Å²) in [6.07, 6.45) is 0. The van der Waals surface area contributed by atoms with E-state index in [1.807, 2.05) is 13.8 Å². The number of thioether (sulfide) groups is 1. The van der Waals surface area contributed by atoms with Crippen molar-refractivity contribution in [3.63, 3.8) is 0 Å². The normalized spacial score (nSPS) is 13.5. The van der Waals surface area contributed by atoms with Crippen LogP contribution in [-0.4, -0.2) is 38.6 Å². The summed E-state index contributed by atoms with van der Waals surface area (Å²) in [6.45, 7) is 4.83. The maximum Gasteiger partial charge on any atom is 0.262 e. The minimum atomic E-state index is -0.283. The van der Waals surface area contributed by atoms with Crippen LogP contribution in [0.2, 0.25) is 5.02 Å². The zero-order valence-corrected chi connectivity index (χ0v) is 18.2. The van der Waals surface area contributed by atoms with Crippen molar-refractivity contribution in [2.75, 3.05) is 12.3 Å². The molecule has 0 saturated heterocycles. The molecule has 0 bridgehead atoms. The number of rotatable bonds is 6. The van der Waals surface area contributed by atoms with Gasteiger partial charge in [-0.15, -0.1) is 0 Å². The molecule has 0 saturated carbocycles. The Hall–Kier alpha value is -2.64. The first-order chi connectivity index (χ1) is 14.4. The van der Waals surface area contributed by atoms with Crippen molar-refractivity contribution in [1.82, 2.24) is 14.5 Å². The monoisotopic (exact) mass is 441 g/mol. The van der Waals surface area contributed by atoms with Crippen LogP contribution < -0.4 is 5.56 Å². The standard InChI is InChI=1S/C22H20ClN3O3S/c1-13(2)12-26-21(29)17-8-7-14(23)11-18(17)24-22(26)30-10-9-25-19(27)15-5-3-4-6-16(15)20(25)28/h3-8,11,13H,9-10,12H2,1-2H3. The van der Waals surface area contributed by atoms with Gasteiger partial charge >= 0.3 is 0 Å². The van der Waals surface area contributed by atoms with Crippen LogP contribution in [-0.2, 0) is 6.54 Å². The van der Waals surface area contributed by atoms with Gasteiger partial charge in [0.05, 0.1) is 22.0 Å². The first-order valence-corrected chi connectivity index (χ1v) is 11.0. The van der Waals surface area contributed by atoms with Crippen LogP contribution in [0.25, 0.3) is 10.9 Å². The third-order valence-corrected chi connectivity index (χ3v) is 6.05. The summed E-state index contributed by atoms with van der Waals surface area (Å²) >= 11 is 7.43. The number of benzene rings is 2. The van der Waals surface area contributed by atoms with Gasteiger partial charge < -0.3 is 0 Å². The first kappa shape index (κ1) is 20.6. The van der Waals surface area contributed by atoms with E-state index in [4.69, 9.17) is 11.6 Å². The summed E-state index contributed by atoms with van der Waals surface area (Å²) in [6, 6.07) is 11.9. The molecule has 154 valence electrons. The Bertz CT molecular complexity index is 1190. The molecule has 0 atom stereocenters. The van der Waals surface area contributed by atoms with E-state index < -0.39 is 0 Å². The number of carbonyl (C=O) groups is 2. The number of hydrogen-bond donors (Lipinski definition) is 0. The maximum atomic E-state index is 13.0. The molecule has 0 N–H and O–H groups in total. The van der Waals surface area contributed by atoms with E-state index in [9.17, 15) is 14.4 Å². The molecule has 1 aliphatic rings. The average molecular weight is 442 g/mol. The molecule has 30 heavy (non-hydrogen) atoms. The molecule has 0 spiro atoms. The molecule has 0 fully saturated rings. The molecular formula is C22H20ClN3O3S. The molecule has 3 aromatic rings. The lowest BCUT2D eigenvalue weighted by Crippen LogP contribution is -2.32. The number of imide groups is 1. The SMILES string of the molecule is CC(C)Cn1c(SCCN2C(=O)c3ccccc3C2=O)nc2cc(Cl)ccc2c1=O. The van der Waals surface area contributed by atoms with Gasteiger partial charge in [0.25, 0.3) is 17.4 Å². The second-order valence-electron chi connectivity index (χ2n) is 7.52. The van der Waals surface area contributed by atoms with Crippen LogP contribution >= 0.6 is 23.4 Å². The fourth-order valence-corrected chi connectivity index (χ4v) is 4.58. The van der Waals surface area contributed by atoms with Gasteiger partial charge in [0.15, 0.2) is 5.16 Å². The molecular weight excluding hydrogens is 422 g/mol. The lowest BCUT2D eigenvalue weighted by molar-refractivity contribution is 0.0664. The Balaban J connectivity index is 1.59. The quantitative estimate of drug-likeness (QED) is 0.327. The van der Waals surface area contributed by atoms with E-state index >= 15 is 0 Å². The topological polar surface area (TPSA) is 72.3 Å². The smallest absolute Gasteiger partial charge is 0.262 e. The van der Waals surface area contributed by atoms with Gasteiger partial charge in [-0.05, 0) is 36.2 Å². The largest absolute Gasteiger partial charge is 0.287 e. The molecule has 2 aromatic carbocycles. The lowest BCUT2D eigenvalue weighted by Gasteiger charge is -2.17. The summed E-state index contributed by atoms with van der Waals surface area (Å²) in [7, 11) is 0. The summed E-state index contributed by atoms with van der Waals surface area (Å²) in [5, 5.41) is 1.59. The van der Waals surface area contributed by atoms with E-state index in [0.29, 0.717) is 44.5 Å². The number of nitrogens with zero attached hydrogens (tertiary/aromatic N) is 3. The minimum absolute atomic E-state index is 0.117. The van der Waals surface area contributed by atoms with E-state index in [0.717, 1.165) is 0 Å². The summed E-state index contributed by atoms with van der Waals surface area (Å²) in [5.41, 5.74) is 1.29. The number of carbonyl (C=O) groups excluding carboxylic acids is 2. The third kappa shape index (κ3) is 3.75. The van der Waals surface area contributed by atoms with Crippen LogP contribution in [0.5, 0.6) is 0 Å². The van der Waals surface area contributed by atoms with Crippen molar-refractivity contribution < 1.29 is 9.59 Å². The number of amides is 2. The molecule has 0 unspecified atom stereocenters. The molecule has 0 aliphatic carbocycles. The van der Waals surface area contributed by atoms with Crippen molar-refractivity contribution in [3.8, 4) is 0 Å². The van der Waals surface area contributed by atoms with Gasteiger partial charge in [0.1, 0.15) is 0 Å². The molecule has 6 nitrogen and oxygen atoms in total. The minimum Gasteiger partial charge on any atom is -0.287 e. The fourth-order valence-electron chi connectivity index (χ4n) is 3.48. The van der Waals surface area contributed by atoms with Crippen LogP contribution in [0.1, 0.15) is 34.6 Å². The Morgan fingerprint density at radius 2 is 1.70 bits per heavy atom. The van der Waals surface area contributed by atoms with Crippen molar-refractivity contribution in [1.29, 1.82) is 0 Å². The number of hydrogen-bond acceptors (Lipinski definition) is 5. The second-order valence-corrected chi connectivity index (χ2v) is 9.02. The zero-order chi connectivity index (χ0) is 21.4. The average Bonchev–Trinajstić information content (AvgIpc) is 2.95. The van der Waals surface area contributed by atoms with E-state index in [2.05, 4.69) is 4.98 Å². The Labute approximate surface area is 182 Å². The van der Waals surface area contributed by atoms with Crippen molar-refractivity contribution in [2.24, 2.45) is 5.92 Å². The molecule has 1 aromatic heterocycles. The highest BCUT2D eigenvalue weighted by molar-refractivity contribution is 7.99. The Morgan fingerprint density at radius 3 is 2.33 bits per heavy atom. The van der Waals surface area contributed by atoms with E-state index in [1.54, 1.807) is 47.0 Å². The van der Waals surface area contributed by atoms with Crippen molar-refractivity contribution in [3.05, 3.63) is 69.0 Å². The maximum absolute atomic E-state index is 13.0. The number of aromatic nitrogens is 2. The molecule has 2 heterocycles. The van der Waals surface area contributed by atoms with Crippen LogP contribution in [0, 0.1) is 5.92 Å². The summed E-state index contributed by atoms with van der Waals surface area (Å²) < 4.78 is 1.66. The first-order valence-electron chi connectivity index (χ1n) is 9.65. The van der Waals surface area contributed by atoms with Gasteiger partial charge in [0.2, 0.25) is 0 Å². The second kappa shape index (κ2) is 8.24.